The molecule has 0 spiro atoms. The third-order valence-electron chi connectivity index (χ3n) is 3.71. The van der Waals surface area contributed by atoms with Gasteiger partial charge in [-0.05, 0) is 35.9 Å². The molecule has 0 saturated heterocycles. The molecule has 0 fully saturated rings. The number of nitriles is 1. The van der Waals surface area contributed by atoms with Crippen LogP contribution in [-0.4, -0.2) is 4.98 Å². The molecular weight excluding hydrogens is 398 g/mol. The lowest BCUT2D eigenvalue weighted by Gasteiger charge is -2.13. The van der Waals surface area contributed by atoms with Crippen LogP contribution in [0.2, 0.25) is 20.1 Å². The normalized spacial score (nSPS) is 10.5. The summed E-state index contributed by atoms with van der Waals surface area (Å²) < 4.78 is 0. The van der Waals surface area contributed by atoms with Gasteiger partial charge in [0.25, 0.3) is 0 Å². The summed E-state index contributed by atoms with van der Waals surface area (Å²) in [7, 11) is 0. The number of nitrogens with zero attached hydrogens (tertiary/aromatic N) is 2. The Kier molecular flexibility index (Phi) is 5.51. The molecule has 1 heterocycles. The maximum absolute atomic E-state index is 9.21. The van der Waals surface area contributed by atoms with Crippen molar-refractivity contribution < 1.29 is 0 Å². The molecule has 6 heteroatoms. The minimum absolute atomic E-state index is 0.175. The molecule has 0 unspecified atom stereocenters. The Morgan fingerprint density at radius 3 is 1.88 bits per heavy atom. The Morgan fingerprint density at radius 1 is 0.840 bits per heavy atom. The highest BCUT2D eigenvalue weighted by Gasteiger charge is 2.16. The van der Waals surface area contributed by atoms with Crippen LogP contribution in [0.15, 0.2) is 48.7 Å². The van der Waals surface area contributed by atoms with E-state index in [2.05, 4.69) is 11.1 Å². The molecule has 0 N–H and O–H groups in total. The third kappa shape index (κ3) is 3.61. The van der Waals surface area contributed by atoms with Crippen LogP contribution in [-0.2, 0) is 6.42 Å². The van der Waals surface area contributed by atoms with Crippen LogP contribution in [0.1, 0.15) is 5.56 Å². The van der Waals surface area contributed by atoms with Gasteiger partial charge in [0, 0.05) is 32.9 Å². The van der Waals surface area contributed by atoms with Gasteiger partial charge in [-0.15, -0.1) is 0 Å². The zero-order valence-corrected chi connectivity index (χ0v) is 15.8. The van der Waals surface area contributed by atoms with Crippen molar-refractivity contribution in [3.8, 4) is 28.5 Å². The minimum atomic E-state index is 0.175. The first-order valence-electron chi connectivity index (χ1n) is 7.27. The molecule has 2 nitrogen and oxygen atoms in total. The van der Waals surface area contributed by atoms with Crippen LogP contribution >= 0.6 is 46.4 Å². The van der Waals surface area contributed by atoms with E-state index >= 15 is 0 Å². The second kappa shape index (κ2) is 7.64. The predicted molar refractivity (Wildman–Crippen MR) is 104 cm³/mol. The lowest BCUT2D eigenvalue weighted by molar-refractivity contribution is 1.22. The van der Waals surface area contributed by atoms with E-state index in [-0.39, 0.29) is 6.42 Å². The van der Waals surface area contributed by atoms with Gasteiger partial charge >= 0.3 is 0 Å². The first-order valence-corrected chi connectivity index (χ1v) is 8.78. The molecule has 0 aliphatic carbocycles. The number of benzene rings is 2. The Labute approximate surface area is 165 Å². The molecule has 0 aliphatic rings. The van der Waals surface area contributed by atoms with Crippen LogP contribution in [0.3, 0.4) is 0 Å². The maximum atomic E-state index is 9.21. The highest BCUT2D eigenvalue weighted by molar-refractivity contribution is 6.40. The fourth-order valence-electron chi connectivity index (χ4n) is 2.59. The average Bonchev–Trinajstić information content (AvgIpc) is 2.56. The highest BCUT2D eigenvalue weighted by atomic mass is 35.5. The first-order chi connectivity index (χ1) is 12.0. The van der Waals surface area contributed by atoms with Gasteiger partial charge in [0.15, 0.2) is 0 Å². The molecule has 0 saturated carbocycles. The van der Waals surface area contributed by atoms with E-state index in [4.69, 9.17) is 46.4 Å². The fraction of sp³-hybridized carbons (Fsp3) is 0.0526. The zero-order valence-electron chi connectivity index (χ0n) is 12.7. The van der Waals surface area contributed by atoms with Crippen molar-refractivity contribution in [2.75, 3.05) is 0 Å². The summed E-state index contributed by atoms with van der Waals surface area (Å²) in [5.41, 5.74) is 3.33. The summed E-state index contributed by atoms with van der Waals surface area (Å²) in [6, 6.07) is 14.5. The van der Waals surface area contributed by atoms with Crippen LogP contribution in [0.5, 0.6) is 0 Å². The molecule has 2 aromatic carbocycles. The Balaban J connectivity index is 2.23. The van der Waals surface area contributed by atoms with Crippen LogP contribution in [0.4, 0.5) is 0 Å². The summed E-state index contributed by atoms with van der Waals surface area (Å²) >= 11 is 25.2. The summed E-state index contributed by atoms with van der Waals surface area (Å²) in [6.45, 7) is 0. The number of aromatic nitrogens is 1. The summed E-state index contributed by atoms with van der Waals surface area (Å²) in [5, 5.41) is 11.2. The van der Waals surface area contributed by atoms with Gasteiger partial charge in [0.2, 0.25) is 0 Å². The van der Waals surface area contributed by atoms with Gasteiger partial charge in [0.1, 0.15) is 0 Å². The van der Waals surface area contributed by atoms with E-state index in [1.165, 1.54) is 0 Å². The van der Waals surface area contributed by atoms with Crippen LogP contribution in [0, 0.1) is 11.3 Å². The van der Waals surface area contributed by atoms with Crippen molar-refractivity contribution >= 4 is 46.4 Å². The molecule has 124 valence electrons. The minimum Gasteiger partial charge on any atom is -0.255 e. The smallest absolute Gasteiger partial charge is 0.0735 e. The van der Waals surface area contributed by atoms with E-state index in [1.54, 1.807) is 48.7 Å². The number of pyridine rings is 1. The molecule has 0 atom stereocenters. The van der Waals surface area contributed by atoms with Crippen molar-refractivity contribution in [2.45, 2.75) is 6.42 Å². The molecule has 0 amide bonds. The van der Waals surface area contributed by atoms with Gasteiger partial charge in [-0.1, -0.05) is 58.5 Å². The Morgan fingerprint density at radius 2 is 1.36 bits per heavy atom. The highest BCUT2D eigenvalue weighted by Crippen LogP contribution is 2.39. The second-order valence-corrected chi connectivity index (χ2v) is 6.88. The lowest BCUT2D eigenvalue weighted by Crippen LogP contribution is -1.95. The van der Waals surface area contributed by atoms with Crippen molar-refractivity contribution in [1.82, 2.24) is 4.98 Å². The SMILES string of the molecule is N#CCc1cc(-c2c(Cl)cccc2Cl)ncc1-c1c(Cl)cccc1Cl. The first kappa shape index (κ1) is 18.0. The third-order valence-corrected chi connectivity index (χ3v) is 4.97. The quantitative estimate of drug-likeness (QED) is 0.464. The van der Waals surface area contributed by atoms with Crippen molar-refractivity contribution in [2.24, 2.45) is 0 Å². The van der Waals surface area contributed by atoms with Gasteiger partial charge in [-0.25, -0.2) is 0 Å². The fourth-order valence-corrected chi connectivity index (χ4v) is 3.78. The molecule has 0 radical (unpaired) electrons. The van der Waals surface area contributed by atoms with Gasteiger partial charge in [-0.3, -0.25) is 4.98 Å². The number of hydrogen-bond acceptors (Lipinski definition) is 2. The van der Waals surface area contributed by atoms with Crippen molar-refractivity contribution in [1.29, 1.82) is 5.26 Å². The van der Waals surface area contributed by atoms with Gasteiger partial charge in [-0.2, -0.15) is 5.26 Å². The second-order valence-electron chi connectivity index (χ2n) is 5.25. The number of hydrogen-bond donors (Lipinski definition) is 0. The van der Waals surface area contributed by atoms with E-state index in [0.717, 1.165) is 5.56 Å². The summed E-state index contributed by atoms with van der Waals surface area (Å²) in [6.07, 6.45) is 1.82. The molecule has 0 bridgehead atoms. The summed E-state index contributed by atoms with van der Waals surface area (Å²) in [4.78, 5) is 4.48. The molecule has 3 rings (SSSR count). The molecule has 3 aromatic rings. The Bertz CT molecular complexity index is 953. The topological polar surface area (TPSA) is 36.7 Å². The molecule has 0 aliphatic heterocycles. The van der Waals surface area contributed by atoms with Crippen LogP contribution in [0.25, 0.3) is 22.4 Å². The molecular formula is C19H10Cl4N2. The van der Waals surface area contributed by atoms with Crippen molar-refractivity contribution in [3.63, 3.8) is 0 Å². The Hall–Kier alpha value is -1.76. The lowest BCUT2D eigenvalue weighted by atomic mass is 9.97. The molecule has 1 aromatic heterocycles. The van der Waals surface area contributed by atoms with E-state index < -0.39 is 0 Å². The summed E-state index contributed by atoms with van der Waals surface area (Å²) in [5.74, 6) is 0. The largest absolute Gasteiger partial charge is 0.255 e. The monoisotopic (exact) mass is 406 g/mol. The number of halogens is 4. The van der Waals surface area contributed by atoms with E-state index in [1.807, 2.05) is 0 Å². The van der Waals surface area contributed by atoms with E-state index in [9.17, 15) is 5.26 Å². The van der Waals surface area contributed by atoms with Crippen LogP contribution < -0.4 is 0 Å². The average molecular weight is 408 g/mol. The van der Waals surface area contributed by atoms with E-state index in [0.29, 0.717) is 42.5 Å². The molecule has 25 heavy (non-hydrogen) atoms. The van der Waals surface area contributed by atoms with Gasteiger partial charge < -0.3 is 0 Å². The maximum Gasteiger partial charge on any atom is 0.0735 e. The van der Waals surface area contributed by atoms with Crippen molar-refractivity contribution in [3.05, 3.63) is 74.3 Å². The van der Waals surface area contributed by atoms with Gasteiger partial charge in [0.05, 0.1) is 28.2 Å². The zero-order chi connectivity index (χ0) is 18.0. The predicted octanol–water partition coefficient (Wildman–Crippen LogP) is 7.10. The number of rotatable bonds is 3. The standard InChI is InChI=1S/C19H10Cl4N2/c20-13-3-1-4-14(21)18(13)12-10-25-17(9-11(12)7-8-24)19-15(22)5-2-6-16(19)23/h1-6,9-10H,7H2.